The van der Waals surface area contributed by atoms with Crippen molar-refractivity contribution in [1.82, 2.24) is 0 Å². The molecule has 0 bridgehead atoms. The third kappa shape index (κ3) is 6.03. The van der Waals surface area contributed by atoms with Crippen LogP contribution in [0.2, 0.25) is 0 Å². The Balaban J connectivity index is 0.960. The Bertz CT molecular complexity index is 2630. The highest BCUT2D eigenvalue weighted by molar-refractivity contribution is 6.35. The van der Waals surface area contributed by atoms with E-state index >= 15 is 0 Å². The van der Waals surface area contributed by atoms with Gasteiger partial charge in [0.15, 0.2) is 0 Å². The molecule has 0 saturated heterocycles. The summed E-state index contributed by atoms with van der Waals surface area (Å²) >= 11 is 0. The molecule has 0 spiro atoms. The lowest BCUT2D eigenvalue weighted by Crippen LogP contribution is -2.29. The van der Waals surface area contributed by atoms with Gasteiger partial charge in [0.25, 0.3) is 23.6 Å². The Kier molecular flexibility index (Phi) is 8.82. The van der Waals surface area contributed by atoms with Crippen molar-refractivity contribution in [2.24, 2.45) is 0 Å². The van der Waals surface area contributed by atoms with Crippen LogP contribution >= 0.6 is 0 Å². The Morgan fingerprint density at radius 3 is 0.983 bits per heavy atom. The van der Waals surface area contributed by atoms with Gasteiger partial charge in [0.2, 0.25) is 0 Å². The van der Waals surface area contributed by atoms with Gasteiger partial charge in [0, 0.05) is 11.1 Å². The van der Waals surface area contributed by atoms with Crippen LogP contribution in [0.15, 0.2) is 146 Å². The first-order chi connectivity index (χ1) is 28.1. The number of anilines is 2. The lowest BCUT2D eigenvalue weighted by molar-refractivity contribution is 0.0910. The zero-order chi connectivity index (χ0) is 40.2. The molecule has 2 heterocycles. The lowest BCUT2D eigenvalue weighted by atomic mass is 9.97. The number of hydrogen-bond acceptors (Lipinski definition) is 6. The van der Waals surface area contributed by atoms with Crippen molar-refractivity contribution in [2.75, 3.05) is 24.0 Å². The predicted molar refractivity (Wildman–Crippen MR) is 226 cm³/mol. The van der Waals surface area contributed by atoms with Gasteiger partial charge >= 0.3 is 0 Å². The fraction of sp³-hybridized carbons (Fsp3) is 0.0800. The minimum atomic E-state index is -0.369. The third-order valence-electron chi connectivity index (χ3n) is 10.9. The average molecular weight is 761 g/mol. The zero-order valence-electron chi connectivity index (χ0n) is 32.2. The van der Waals surface area contributed by atoms with Crippen LogP contribution in [0.3, 0.4) is 0 Å². The number of rotatable bonds is 8. The topological polar surface area (TPSA) is 93.2 Å². The second-order valence-corrected chi connectivity index (χ2v) is 14.5. The maximum Gasteiger partial charge on any atom is 0.266 e. The van der Waals surface area contributed by atoms with E-state index in [1.165, 1.54) is 9.80 Å². The molecule has 2 aliphatic heterocycles. The Morgan fingerprint density at radius 1 is 0.328 bits per heavy atom. The highest BCUT2D eigenvalue weighted by Crippen LogP contribution is 2.43. The number of nitrogens with zero attached hydrogens (tertiary/aromatic N) is 2. The van der Waals surface area contributed by atoms with E-state index < -0.39 is 0 Å². The van der Waals surface area contributed by atoms with E-state index in [4.69, 9.17) is 9.47 Å². The predicted octanol–water partition coefficient (Wildman–Crippen LogP) is 10.6. The van der Waals surface area contributed by atoms with Crippen molar-refractivity contribution in [1.29, 1.82) is 0 Å². The number of methoxy groups -OCH3 is 2. The van der Waals surface area contributed by atoms with Crippen LogP contribution in [0.1, 0.15) is 52.6 Å². The van der Waals surface area contributed by atoms with Gasteiger partial charge in [-0.25, -0.2) is 9.80 Å². The molecule has 0 N–H and O–H groups in total. The van der Waals surface area contributed by atoms with E-state index in [1.807, 2.05) is 111 Å². The molecule has 0 atom stereocenters. The Labute approximate surface area is 335 Å². The average Bonchev–Trinajstić information content (AvgIpc) is 3.66. The van der Waals surface area contributed by atoms with Crippen LogP contribution < -0.4 is 19.3 Å². The first kappa shape index (κ1) is 36.1. The molecule has 4 amide bonds. The summed E-state index contributed by atoms with van der Waals surface area (Å²) in [7, 11) is 3.17. The van der Waals surface area contributed by atoms with Crippen LogP contribution in [-0.4, -0.2) is 37.8 Å². The van der Waals surface area contributed by atoms with E-state index in [2.05, 4.69) is 0 Å². The van der Waals surface area contributed by atoms with E-state index in [1.54, 1.807) is 62.8 Å². The van der Waals surface area contributed by atoms with Crippen molar-refractivity contribution in [2.45, 2.75) is 13.8 Å². The van der Waals surface area contributed by atoms with Gasteiger partial charge in [0.05, 0.1) is 47.8 Å². The largest absolute Gasteiger partial charge is 0.496 e. The first-order valence-electron chi connectivity index (χ1n) is 18.8. The molecule has 282 valence electrons. The number of carbonyl (C=O) groups excluding carboxylic acids is 4. The van der Waals surface area contributed by atoms with E-state index in [0.29, 0.717) is 45.1 Å². The van der Waals surface area contributed by atoms with Crippen molar-refractivity contribution in [3.8, 4) is 56.0 Å². The number of ether oxygens (including phenoxy) is 2. The van der Waals surface area contributed by atoms with Gasteiger partial charge < -0.3 is 9.47 Å². The van der Waals surface area contributed by atoms with Crippen molar-refractivity contribution in [3.63, 3.8) is 0 Å². The molecule has 0 radical (unpaired) electrons. The molecular weight excluding hydrogens is 725 g/mol. The van der Waals surface area contributed by atoms with Crippen molar-refractivity contribution >= 4 is 35.0 Å². The fourth-order valence-corrected chi connectivity index (χ4v) is 7.73. The number of amides is 4. The second-order valence-electron chi connectivity index (χ2n) is 14.5. The summed E-state index contributed by atoms with van der Waals surface area (Å²) in [4.78, 5) is 56.7. The van der Waals surface area contributed by atoms with Gasteiger partial charge in [-0.15, -0.1) is 0 Å². The van der Waals surface area contributed by atoms with Gasteiger partial charge in [-0.1, -0.05) is 96.1 Å². The molecule has 0 saturated carbocycles. The molecule has 0 fully saturated rings. The van der Waals surface area contributed by atoms with Gasteiger partial charge in [0.1, 0.15) is 11.5 Å². The quantitative estimate of drug-likeness (QED) is 0.143. The molecule has 0 aliphatic carbocycles. The van der Waals surface area contributed by atoms with Crippen LogP contribution in [0.4, 0.5) is 11.4 Å². The summed E-state index contributed by atoms with van der Waals surface area (Å²) in [5, 5.41) is 0. The van der Waals surface area contributed by atoms with Crippen LogP contribution in [0.25, 0.3) is 44.5 Å². The van der Waals surface area contributed by atoms with Crippen LogP contribution in [0, 0.1) is 13.8 Å². The standard InChI is InChI=1S/C50H36N2O6/c1-29-5-9-31(10-6-29)35-17-23-39-43(25-35)49(55)51(47(39)53)37-19-13-33(14-20-37)41-27-46(58-4)42(28-45(41)57-3)34-15-21-38(22-16-34)52-48(54)40-24-18-36(26-44(40)50(52)56)32-11-7-30(2)8-12-32/h5-28H,1-4H3. The minimum Gasteiger partial charge on any atom is -0.496 e. The normalized spacial score (nSPS) is 13.2. The number of aryl methyl sites for hydroxylation is 2. The molecule has 58 heavy (non-hydrogen) atoms. The van der Waals surface area contributed by atoms with Crippen LogP contribution in [-0.2, 0) is 0 Å². The smallest absolute Gasteiger partial charge is 0.266 e. The SMILES string of the molecule is COc1cc(-c2ccc(N3C(=O)c4ccc(-c5ccc(C)cc5)cc4C3=O)cc2)c(OC)cc1-c1ccc(N2C(=O)c3ccc(-c4ccc(C)cc4)cc3C2=O)cc1. The van der Waals surface area contributed by atoms with Crippen molar-refractivity contribution < 1.29 is 28.7 Å². The molecule has 9 rings (SSSR count). The molecule has 2 aliphatic rings. The fourth-order valence-electron chi connectivity index (χ4n) is 7.73. The first-order valence-corrected chi connectivity index (χ1v) is 18.8. The summed E-state index contributed by atoms with van der Waals surface area (Å²) in [6.07, 6.45) is 0. The molecule has 0 unspecified atom stereocenters. The zero-order valence-corrected chi connectivity index (χ0v) is 32.2. The minimum absolute atomic E-state index is 0.368. The maximum absolute atomic E-state index is 13.6. The van der Waals surface area contributed by atoms with E-state index in [9.17, 15) is 19.2 Å². The highest BCUT2D eigenvalue weighted by atomic mass is 16.5. The molecule has 8 nitrogen and oxygen atoms in total. The number of fused-ring (bicyclic) bond motifs is 2. The van der Waals surface area contributed by atoms with E-state index in [0.717, 1.165) is 55.6 Å². The lowest BCUT2D eigenvalue weighted by Gasteiger charge is -2.18. The molecular formula is C50H36N2O6. The highest BCUT2D eigenvalue weighted by Gasteiger charge is 2.38. The summed E-state index contributed by atoms with van der Waals surface area (Å²) in [6.45, 7) is 4.04. The van der Waals surface area contributed by atoms with Gasteiger partial charge in [-0.2, -0.15) is 0 Å². The number of hydrogen-bond donors (Lipinski definition) is 0. The molecule has 8 heteroatoms. The number of imide groups is 2. The molecule has 0 aromatic heterocycles. The molecule has 7 aromatic rings. The van der Waals surface area contributed by atoms with E-state index in [-0.39, 0.29) is 23.6 Å². The number of benzene rings is 7. The summed E-state index contributed by atoms with van der Waals surface area (Å²) in [5.74, 6) is -0.331. The number of carbonyl (C=O) groups is 4. The van der Waals surface area contributed by atoms with Gasteiger partial charge in [-0.3, -0.25) is 19.2 Å². The van der Waals surface area contributed by atoms with Crippen molar-refractivity contribution in [3.05, 3.63) is 179 Å². The Hall–Kier alpha value is -7.58. The summed E-state index contributed by atoms with van der Waals surface area (Å²) < 4.78 is 11.7. The van der Waals surface area contributed by atoms with Gasteiger partial charge in [-0.05, 0) is 108 Å². The third-order valence-corrected chi connectivity index (χ3v) is 10.9. The second kappa shape index (κ2) is 14.2. The maximum atomic E-state index is 13.6. The summed E-state index contributed by atoms with van der Waals surface area (Å²) in [5.41, 5.74) is 11.4. The summed E-state index contributed by atoms with van der Waals surface area (Å²) in [6, 6.07) is 44.9. The monoisotopic (exact) mass is 760 g/mol. The molecule has 7 aromatic carbocycles. The Morgan fingerprint density at radius 2 is 0.638 bits per heavy atom. The van der Waals surface area contributed by atoms with Crippen LogP contribution in [0.5, 0.6) is 11.5 Å².